The predicted molar refractivity (Wildman–Crippen MR) is 63.7 cm³/mol. The van der Waals surface area contributed by atoms with Gasteiger partial charge >= 0.3 is 0 Å². The Bertz CT molecular complexity index is 349. The molecule has 4 nitrogen and oxygen atoms in total. The third kappa shape index (κ3) is 4.96. The smallest absolute Gasteiger partial charge is 0.254 e. The predicted octanol–water partition coefficient (Wildman–Crippen LogP) is 2.51. The van der Waals surface area contributed by atoms with Crippen LogP contribution < -0.4 is 10.3 Å². The van der Waals surface area contributed by atoms with E-state index in [1.165, 1.54) is 31.7 Å². The summed E-state index contributed by atoms with van der Waals surface area (Å²) in [5.41, 5.74) is -0.178. The molecule has 0 aliphatic rings. The lowest BCUT2D eigenvalue weighted by molar-refractivity contribution is 0.197. The maximum Gasteiger partial charge on any atom is 0.254 e. The molecule has 0 saturated carbocycles. The molecule has 0 amide bonds. The number of nitrogens with zero attached hydrogens (tertiary/aromatic N) is 1. The quantitative estimate of drug-likeness (QED) is 0.724. The van der Waals surface area contributed by atoms with E-state index in [1.807, 2.05) is 6.92 Å². The van der Waals surface area contributed by atoms with Crippen LogP contribution in [0.15, 0.2) is 17.2 Å². The normalized spacial score (nSPS) is 12.4. The molecule has 1 N–H and O–H groups in total. The summed E-state index contributed by atoms with van der Waals surface area (Å²) < 4.78 is 5.54. The van der Waals surface area contributed by atoms with Crippen molar-refractivity contribution in [2.45, 2.75) is 52.1 Å². The van der Waals surface area contributed by atoms with Crippen molar-refractivity contribution < 1.29 is 4.74 Å². The second-order valence-corrected chi connectivity index (χ2v) is 4.03. The van der Waals surface area contributed by atoms with E-state index in [-0.39, 0.29) is 11.7 Å². The molecule has 0 aromatic carbocycles. The summed E-state index contributed by atoms with van der Waals surface area (Å²) in [5, 5.41) is 0. The molecule has 16 heavy (non-hydrogen) atoms. The van der Waals surface area contributed by atoms with Crippen LogP contribution in [0.2, 0.25) is 0 Å². The molecule has 0 radical (unpaired) electrons. The highest BCUT2D eigenvalue weighted by Gasteiger charge is 2.04. The zero-order chi connectivity index (χ0) is 11.8. The monoisotopic (exact) mass is 224 g/mol. The molecule has 4 heteroatoms. The van der Waals surface area contributed by atoms with E-state index in [2.05, 4.69) is 16.9 Å². The van der Waals surface area contributed by atoms with Gasteiger partial charge in [0, 0.05) is 0 Å². The average molecular weight is 224 g/mol. The number of nitrogens with one attached hydrogen (secondary N) is 1. The molecule has 90 valence electrons. The first-order chi connectivity index (χ1) is 7.72. The Morgan fingerprint density at radius 1 is 1.44 bits per heavy atom. The number of aromatic nitrogens is 2. The Morgan fingerprint density at radius 3 is 2.94 bits per heavy atom. The van der Waals surface area contributed by atoms with Crippen molar-refractivity contribution in [1.82, 2.24) is 9.97 Å². The fourth-order valence-electron chi connectivity index (χ4n) is 1.54. The second-order valence-electron chi connectivity index (χ2n) is 4.03. The minimum absolute atomic E-state index is 0.117. The van der Waals surface area contributed by atoms with Gasteiger partial charge in [-0.05, 0) is 19.8 Å². The summed E-state index contributed by atoms with van der Waals surface area (Å²) in [7, 11) is 0. The molecule has 1 unspecified atom stereocenters. The van der Waals surface area contributed by atoms with Crippen molar-refractivity contribution in [3.8, 4) is 5.88 Å². The zero-order valence-electron chi connectivity index (χ0n) is 10.0. The van der Waals surface area contributed by atoms with Gasteiger partial charge in [0.1, 0.15) is 0 Å². The van der Waals surface area contributed by atoms with Gasteiger partial charge in [0.05, 0.1) is 18.5 Å². The van der Waals surface area contributed by atoms with Gasteiger partial charge in [-0.15, -0.1) is 0 Å². The van der Waals surface area contributed by atoms with Crippen molar-refractivity contribution in [3.05, 3.63) is 22.7 Å². The van der Waals surface area contributed by atoms with Crippen molar-refractivity contribution in [3.63, 3.8) is 0 Å². The summed E-state index contributed by atoms with van der Waals surface area (Å²) in [6.45, 7) is 4.20. The minimum Gasteiger partial charge on any atom is -0.474 e. The lowest BCUT2D eigenvalue weighted by atomic mass is 10.1. The molecule has 1 aromatic rings. The highest BCUT2D eigenvalue weighted by Crippen LogP contribution is 2.10. The van der Waals surface area contributed by atoms with Crippen LogP contribution in [0.25, 0.3) is 0 Å². The minimum atomic E-state index is -0.178. The van der Waals surface area contributed by atoms with Crippen LogP contribution in [0, 0.1) is 0 Å². The zero-order valence-corrected chi connectivity index (χ0v) is 10.0. The van der Waals surface area contributed by atoms with Gasteiger partial charge in [0.2, 0.25) is 5.88 Å². The molecule has 0 saturated heterocycles. The summed E-state index contributed by atoms with van der Waals surface area (Å²) in [6.07, 6.45) is 7.41. The van der Waals surface area contributed by atoms with Crippen molar-refractivity contribution in [1.29, 1.82) is 0 Å². The Hall–Kier alpha value is -1.32. The van der Waals surface area contributed by atoms with Gasteiger partial charge in [0.25, 0.3) is 5.56 Å². The Labute approximate surface area is 96.1 Å². The maximum atomic E-state index is 11.0. The van der Waals surface area contributed by atoms with Crippen LogP contribution >= 0.6 is 0 Å². The number of aromatic amines is 1. The van der Waals surface area contributed by atoms with E-state index in [0.29, 0.717) is 5.88 Å². The summed E-state index contributed by atoms with van der Waals surface area (Å²) in [4.78, 5) is 17.4. The molecule has 1 aromatic heterocycles. The summed E-state index contributed by atoms with van der Waals surface area (Å²) >= 11 is 0. The fourth-order valence-corrected chi connectivity index (χ4v) is 1.54. The number of unbranched alkanes of at least 4 members (excludes halogenated alkanes) is 3. The molecule has 1 heterocycles. The third-order valence-electron chi connectivity index (χ3n) is 2.44. The Balaban J connectivity index is 2.28. The topological polar surface area (TPSA) is 55.0 Å². The molecule has 1 rings (SSSR count). The van der Waals surface area contributed by atoms with Crippen molar-refractivity contribution >= 4 is 0 Å². The Morgan fingerprint density at radius 2 is 2.25 bits per heavy atom. The number of rotatable bonds is 7. The van der Waals surface area contributed by atoms with Gasteiger partial charge in [0.15, 0.2) is 0 Å². The second kappa shape index (κ2) is 7.04. The van der Waals surface area contributed by atoms with E-state index in [9.17, 15) is 4.79 Å². The number of hydrogen-bond acceptors (Lipinski definition) is 3. The first-order valence-corrected chi connectivity index (χ1v) is 5.93. The van der Waals surface area contributed by atoms with E-state index in [1.54, 1.807) is 0 Å². The molecular weight excluding hydrogens is 204 g/mol. The van der Waals surface area contributed by atoms with Crippen LogP contribution in [-0.2, 0) is 0 Å². The van der Waals surface area contributed by atoms with Crippen LogP contribution in [0.3, 0.4) is 0 Å². The lowest BCUT2D eigenvalue weighted by Gasteiger charge is -2.12. The first-order valence-electron chi connectivity index (χ1n) is 5.93. The molecule has 0 bridgehead atoms. The highest BCUT2D eigenvalue weighted by molar-refractivity contribution is 5.05. The third-order valence-corrected chi connectivity index (χ3v) is 2.44. The molecule has 0 aliphatic heterocycles. The standard InChI is InChI=1S/C12H20N2O2/c1-3-4-5-6-7-10(2)16-12-8-11(15)13-9-14-12/h8-10H,3-7H2,1-2H3,(H,13,14,15). The number of H-pyrrole nitrogens is 1. The van der Waals surface area contributed by atoms with Crippen LogP contribution in [0.1, 0.15) is 46.0 Å². The number of ether oxygens (including phenoxy) is 1. The molecule has 0 spiro atoms. The van der Waals surface area contributed by atoms with E-state index in [0.717, 1.165) is 12.8 Å². The van der Waals surface area contributed by atoms with E-state index >= 15 is 0 Å². The van der Waals surface area contributed by atoms with Crippen LogP contribution in [0.5, 0.6) is 5.88 Å². The molecule has 0 fully saturated rings. The SMILES string of the molecule is CCCCCCC(C)Oc1cc(=O)[nH]cn1. The van der Waals surface area contributed by atoms with Gasteiger partial charge in [-0.25, -0.2) is 4.98 Å². The maximum absolute atomic E-state index is 11.0. The van der Waals surface area contributed by atoms with Crippen LogP contribution in [0.4, 0.5) is 0 Å². The molecule has 0 aliphatic carbocycles. The largest absolute Gasteiger partial charge is 0.474 e. The highest BCUT2D eigenvalue weighted by atomic mass is 16.5. The van der Waals surface area contributed by atoms with Gasteiger partial charge in [-0.3, -0.25) is 4.79 Å². The average Bonchev–Trinajstić information content (AvgIpc) is 2.24. The van der Waals surface area contributed by atoms with Crippen LogP contribution in [-0.4, -0.2) is 16.1 Å². The fraction of sp³-hybridized carbons (Fsp3) is 0.667. The van der Waals surface area contributed by atoms with Gasteiger partial charge < -0.3 is 9.72 Å². The lowest BCUT2D eigenvalue weighted by Crippen LogP contribution is -2.14. The summed E-state index contributed by atoms with van der Waals surface area (Å²) in [6, 6.07) is 1.38. The summed E-state index contributed by atoms with van der Waals surface area (Å²) in [5.74, 6) is 0.409. The van der Waals surface area contributed by atoms with E-state index < -0.39 is 0 Å². The van der Waals surface area contributed by atoms with E-state index in [4.69, 9.17) is 4.74 Å². The van der Waals surface area contributed by atoms with Crippen molar-refractivity contribution in [2.75, 3.05) is 0 Å². The molecule has 1 atom stereocenters. The first kappa shape index (κ1) is 12.7. The van der Waals surface area contributed by atoms with Gasteiger partial charge in [-0.2, -0.15) is 0 Å². The van der Waals surface area contributed by atoms with Crippen molar-refractivity contribution in [2.24, 2.45) is 0 Å². The van der Waals surface area contributed by atoms with Gasteiger partial charge in [-0.1, -0.05) is 26.2 Å². The Kier molecular flexibility index (Phi) is 5.61. The number of hydrogen-bond donors (Lipinski definition) is 1. The molecular formula is C12H20N2O2.